The van der Waals surface area contributed by atoms with Gasteiger partial charge in [-0.15, -0.1) is 0 Å². The third kappa shape index (κ3) is 12.7. The first kappa shape index (κ1) is 49.2. The Morgan fingerprint density at radius 2 is 1.14 bits per heavy atom. The van der Waals surface area contributed by atoms with Gasteiger partial charge in [-0.05, 0) is 73.8 Å². The molecule has 65 heavy (non-hydrogen) atoms. The average Bonchev–Trinajstić information content (AvgIpc) is 3.64. The minimum absolute atomic E-state index is 0.0688. The quantitative estimate of drug-likeness (QED) is 0.0505. The van der Waals surface area contributed by atoms with Crippen LogP contribution < -0.4 is 27.0 Å². The van der Waals surface area contributed by atoms with Gasteiger partial charge in [-0.25, -0.2) is 9.59 Å². The predicted octanol–water partition coefficient (Wildman–Crippen LogP) is 6.42. The summed E-state index contributed by atoms with van der Waals surface area (Å²) in [6.45, 7) is 12.5. The van der Waals surface area contributed by atoms with E-state index < -0.39 is 71.0 Å². The molecule has 0 saturated carbocycles. The minimum Gasteiger partial charge on any atom is -0.480 e. The number of nitrogens with zero attached hydrogens (tertiary/aromatic N) is 1. The highest BCUT2D eigenvalue weighted by molar-refractivity contribution is 5.96. The van der Waals surface area contributed by atoms with Crippen molar-refractivity contribution in [2.24, 2.45) is 17.6 Å². The lowest BCUT2D eigenvalue weighted by Gasteiger charge is -2.37. The maximum absolute atomic E-state index is 14.4. The number of amides is 4. The Balaban J connectivity index is 1.48. The van der Waals surface area contributed by atoms with Gasteiger partial charge in [0.05, 0.1) is 11.6 Å². The smallest absolute Gasteiger partial charge is 0.419 e. The molecule has 0 aliphatic rings. The average molecular weight is 887 g/mol. The van der Waals surface area contributed by atoms with Crippen molar-refractivity contribution in [3.63, 3.8) is 0 Å². The molecule has 0 fully saturated rings. The number of carboxylic acid groups (broad SMARTS) is 1. The highest BCUT2D eigenvalue weighted by Gasteiger charge is 2.39. The summed E-state index contributed by atoms with van der Waals surface area (Å²) in [5.41, 5.74) is 7.41. The van der Waals surface area contributed by atoms with Crippen molar-refractivity contribution in [3.8, 4) is 0 Å². The standard InChI is InChI=1S/C51H62N6O8/c1-32(2)29-40(54-47(61)44(52)33(3)4)46(60)53-39(45(59)55-41(48(62)63)30-34-31-57(49(64)65-50(5,6)7)42-26-18-17-25-38(34)42)27-28-43(58)56-51(35-19-11-8-12-20-35,36-21-13-9-14-22-36)37-23-15-10-16-24-37/h8-26,31-33,39-41,44H,27-30,52H2,1-7H3,(H,53,60)(H,54,61)(H,55,59)(H,56,58)(H,62,63)/t39-,40-,41-,44-/m0/s1. The lowest BCUT2D eigenvalue weighted by atomic mass is 9.77. The first-order valence-electron chi connectivity index (χ1n) is 22.0. The molecule has 5 aromatic rings. The number of nitrogens with one attached hydrogen (secondary N) is 4. The lowest BCUT2D eigenvalue weighted by molar-refractivity contribution is -0.142. The summed E-state index contributed by atoms with van der Waals surface area (Å²) in [6.07, 6.45) is 0.244. The topological polar surface area (TPSA) is 211 Å². The summed E-state index contributed by atoms with van der Waals surface area (Å²) in [5, 5.41) is 22.4. The fourth-order valence-electron chi connectivity index (χ4n) is 7.71. The monoisotopic (exact) mass is 886 g/mol. The van der Waals surface area contributed by atoms with Crippen LogP contribution in [-0.2, 0) is 40.7 Å². The molecule has 344 valence electrons. The molecular weight excluding hydrogens is 825 g/mol. The van der Waals surface area contributed by atoms with Crippen LogP contribution in [0.15, 0.2) is 121 Å². The number of hydrogen-bond acceptors (Lipinski definition) is 8. The van der Waals surface area contributed by atoms with Gasteiger partial charge in [0.15, 0.2) is 0 Å². The fraction of sp³-hybridized carbons (Fsp3) is 0.373. The molecule has 0 bridgehead atoms. The van der Waals surface area contributed by atoms with Crippen molar-refractivity contribution in [2.75, 3.05) is 0 Å². The number of hydrogen-bond donors (Lipinski definition) is 6. The largest absolute Gasteiger partial charge is 0.480 e. The molecule has 14 nitrogen and oxygen atoms in total. The number of ether oxygens (including phenoxy) is 1. The number of para-hydroxylation sites is 1. The first-order chi connectivity index (χ1) is 30.8. The van der Waals surface area contributed by atoms with Crippen molar-refractivity contribution >= 4 is 46.6 Å². The number of rotatable bonds is 19. The molecule has 0 aliphatic carbocycles. The molecule has 4 aromatic carbocycles. The molecule has 5 rings (SSSR count). The molecule has 0 radical (unpaired) electrons. The molecule has 4 atom stereocenters. The third-order valence-corrected chi connectivity index (χ3v) is 11.0. The maximum Gasteiger partial charge on any atom is 0.419 e. The molecule has 14 heteroatoms. The Morgan fingerprint density at radius 3 is 1.63 bits per heavy atom. The summed E-state index contributed by atoms with van der Waals surface area (Å²) >= 11 is 0. The van der Waals surface area contributed by atoms with Gasteiger partial charge in [-0.1, -0.05) is 137 Å². The SMILES string of the molecule is CC(C)C[C@H](NC(=O)[C@@H](N)C(C)C)C(=O)N[C@@H](CCC(=O)NC(c1ccccc1)(c1ccccc1)c1ccccc1)C(=O)N[C@@H](Cc1cn(C(=O)OC(C)(C)C)c2ccccc12)C(=O)O. The zero-order chi connectivity index (χ0) is 47.5. The van der Waals surface area contributed by atoms with E-state index in [1.165, 1.54) is 10.8 Å². The summed E-state index contributed by atoms with van der Waals surface area (Å²) in [6, 6.07) is 30.4. The van der Waals surface area contributed by atoms with Gasteiger partial charge in [0, 0.05) is 24.4 Å². The highest BCUT2D eigenvalue weighted by atomic mass is 16.6. The van der Waals surface area contributed by atoms with Gasteiger partial charge >= 0.3 is 12.1 Å². The van der Waals surface area contributed by atoms with Crippen LogP contribution in [0, 0.1) is 11.8 Å². The van der Waals surface area contributed by atoms with Crippen molar-refractivity contribution < 1.29 is 38.6 Å². The van der Waals surface area contributed by atoms with Crippen molar-refractivity contribution in [1.82, 2.24) is 25.8 Å². The third-order valence-electron chi connectivity index (χ3n) is 11.0. The summed E-state index contributed by atoms with van der Waals surface area (Å²) in [7, 11) is 0. The number of fused-ring (bicyclic) bond motifs is 1. The second-order valence-corrected chi connectivity index (χ2v) is 18.1. The van der Waals surface area contributed by atoms with Crippen molar-refractivity contribution in [3.05, 3.63) is 144 Å². The molecule has 1 heterocycles. The summed E-state index contributed by atoms with van der Waals surface area (Å²) < 4.78 is 6.90. The Bertz CT molecular complexity index is 2330. The zero-order valence-electron chi connectivity index (χ0n) is 38.2. The fourth-order valence-corrected chi connectivity index (χ4v) is 7.71. The molecule has 0 unspecified atom stereocenters. The van der Waals surface area contributed by atoms with Crippen LogP contribution in [0.3, 0.4) is 0 Å². The van der Waals surface area contributed by atoms with Crippen LogP contribution >= 0.6 is 0 Å². The number of aromatic nitrogens is 1. The van der Waals surface area contributed by atoms with Crippen LogP contribution in [0.1, 0.15) is 90.0 Å². The molecule has 7 N–H and O–H groups in total. The van der Waals surface area contributed by atoms with Gasteiger partial charge in [-0.3, -0.25) is 23.7 Å². The van der Waals surface area contributed by atoms with E-state index in [2.05, 4.69) is 21.3 Å². The van der Waals surface area contributed by atoms with E-state index in [1.807, 2.05) is 105 Å². The lowest BCUT2D eigenvalue weighted by Crippen LogP contribution is -2.58. The number of carbonyl (C=O) groups is 6. The van der Waals surface area contributed by atoms with E-state index in [-0.39, 0.29) is 37.5 Å². The van der Waals surface area contributed by atoms with Crippen LogP contribution in [0.5, 0.6) is 0 Å². The van der Waals surface area contributed by atoms with Crippen LogP contribution in [0.2, 0.25) is 0 Å². The second kappa shape index (κ2) is 21.7. The van der Waals surface area contributed by atoms with E-state index in [1.54, 1.807) is 58.9 Å². The van der Waals surface area contributed by atoms with E-state index in [0.29, 0.717) is 16.5 Å². The maximum atomic E-state index is 14.4. The van der Waals surface area contributed by atoms with E-state index >= 15 is 0 Å². The van der Waals surface area contributed by atoms with E-state index in [4.69, 9.17) is 10.5 Å². The van der Waals surface area contributed by atoms with Gasteiger partial charge in [-0.2, -0.15) is 0 Å². The molecule has 0 spiro atoms. The molecular formula is C51H62N6O8. The summed E-state index contributed by atoms with van der Waals surface area (Å²) in [4.78, 5) is 82.3. The zero-order valence-corrected chi connectivity index (χ0v) is 38.2. The number of carboxylic acids is 1. The van der Waals surface area contributed by atoms with Crippen LogP contribution in [0.4, 0.5) is 4.79 Å². The van der Waals surface area contributed by atoms with E-state index in [0.717, 1.165) is 16.7 Å². The van der Waals surface area contributed by atoms with Gasteiger partial charge in [0.1, 0.15) is 29.3 Å². The van der Waals surface area contributed by atoms with Crippen LogP contribution in [-0.4, -0.2) is 75.1 Å². The number of nitrogens with two attached hydrogens (primary N) is 1. The van der Waals surface area contributed by atoms with Gasteiger partial charge < -0.3 is 36.8 Å². The Morgan fingerprint density at radius 1 is 0.662 bits per heavy atom. The number of carbonyl (C=O) groups excluding carboxylic acids is 5. The van der Waals surface area contributed by atoms with E-state index in [9.17, 15) is 33.9 Å². The molecule has 4 amide bonds. The molecule has 1 aromatic heterocycles. The Labute approximate surface area is 380 Å². The van der Waals surface area contributed by atoms with Crippen molar-refractivity contribution in [2.45, 2.75) is 109 Å². The second-order valence-electron chi connectivity index (χ2n) is 18.1. The Kier molecular flexibility index (Phi) is 16.4. The highest BCUT2D eigenvalue weighted by Crippen LogP contribution is 2.37. The predicted molar refractivity (Wildman–Crippen MR) is 250 cm³/mol. The van der Waals surface area contributed by atoms with Gasteiger partial charge in [0.2, 0.25) is 23.6 Å². The molecule has 0 saturated heterocycles. The summed E-state index contributed by atoms with van der Waals surface area (Å²) in [5.74, 6) is -4.26. The van der Waals surface area contributed by atoms with Crippen molar-refractivity contribution in [1.29, 1.82) is 0 Å². The van der Waals surface area contributed by atoms with Crippen LogP contribution in [0.25, 0.3) is 10.9 Å². The Hall–Kier alpha value is -6.80. The molecule has 0 aliphatic heterocycles. The number of benzene rings is 4. The first-order valence-corrected chi connectivity index (χ1v) is 22.0. The number of aliphatic carboxylic acids is 1. The normalized spacial score (nSPS) is 13.6. The van der Waals surface area contributed by atoms with Gasteiger partial charge in [0.25, 0.3) is 0 Å². The minimum atomic E-state index is -1.54.